The molecule has 1 unspecified atom stereocenters. The number of anilines is 2. The largest absolute Gasteiger partial charge is 0.342 e. The standard InChI is InChI=1S/C24H28ClN3O4S/c1-2-28(20-8-4-3-5-9-20)33(31,32)22-15-19(12-13-21(22)25)26-23(29)18-7-6-14-27(16-18)24(30)17-10-11-17/h3-5,8-9,12-13,15,17-18H,2,6-7,10-11,14,16H2,1H3,(H,26,29). The van der Waals surface area contributed by atoms with E-state index >= 15 is 0 Å². The van der Waals surface area contributed by atoms with Crippen molar-refractivity contribution in [3.05, 3.63) is 53.6 Å². The number of hydrogen-bond donors (Lipinski definition) is 1. The normalized spacial score (nSPS) is 18.6. The molecule has 2 fully saturated rings. The Balaban J connectivity index is 1.52. The van der Waals surface area contributed by atoms with E-state index in [9.17, 15) is 18.0 Å². The summed E-state index contributed by atoms with van der Waals surface area (Å²) in [6, 6.07) is 13.3. The van der Waals surface area contributed by atoms with Gasteiger partial charge in [-0.1, -0.05) is 29.8 Å². The number of piperidine rings is 1. The second kappa shape index (κ2) is 9.73. The van der Waals surface area contributed by atoms with Crippen LogP contribution in [0.1, 0.15) is 32.6 Å². The number of nitrogens with one attached hydrogen (secondary N) is 1. The van der Waals surface area contributed by atoms with Crippen LogP contribution in [0.15, 0.2) is 53.4 Å². The first-order valence-electron chi connectivity index (χ1n) is 11.3. The van der Waals surface area contributed by atoms with Crippen molar-refractivity contribution in [2.24, 2.45) is 11.8 Å². The Morgan fingerprint density at radius 2 is 1.82 bits per heavy atom. The number of carbonyl (C=O) groups excluding carboxylic acids is 2. The molecule has 1 aliphatic heterocycles. The number of amides is 2. The van der Waals surface area contributed by atoms with Crippen LogP contribution in [0, 0.1) is 11.8 Å². The summed E-state index contributed by atoms with van der Waals surface area (Å²) in [5.74, 6) is -0.270. The fourth-order valence-corrected chi connectivity index (χ4v) is 6.18. The molecular formula is C24H28ClN3O4S. The molecule has 1 N–H and O–H groups in total. The van der Waals surface area contributed by atoms with E-state index in [1.54, 1.807) is 42.2 Å². The molecular weight excluding hydrogens is 462 g/mol. The number of sulfonamides is 1. The molecule has 1 atom stereocenters. The zero-order chi connectivity index (χ0) is 23.6. The zero-order valence-electron chi connectivity index (χ0n) is 18.5. The maximum absolute atomic E-state index is 13.4. The van der Waals surface area contributed by atoms with E-state index < -0.39 is 10.0 Å². The molecule has 1 aliphatic carbocycles. The molecule has 0 bridgehead atoms. The Hall–Kier alpha value is -2.58. The molecule has 2 aromatic rings. The van der Waals surface area contributed by atoms with Crippen molar-refractivity contribution in [2.45, 2.75) is 37.5 Å². The van der Waals surface area contributed by atoms with Gasteiger partial charge in [0, 0.05) is 31.2 Å². The number of likely N-dealkylation sites (tertiary alicyclic amines) is 1. The van der Waals surface area contributed by atoms with Crippen LogP contribution in [0.2, 0.25) is 5.02 Å². The Bertz CT molecular complexity index is 1140. The summed E-state index contributed by atoms with van der Waals surface area (Å²) in [4.78, 5) is 27.1. The highest BCUT2D eigenvalue weighted by molar-refractivity contribution is 7.93. The van der Waals surface area contributed by atoms with Crippen LogP contribution in [0.5, 0.6) is 0 Å². The molecule has 2 aliphatic rings. The molecule has 0 radical (unpaired) electrons. The summed E-state index contributed by atoms with van der Waals surface area (Å²) >= 11 is 6.28. The highest BCUT2D eigenvalue weighted by Crippen LogP contribution is 2.33. The quantitative estimate of drug-likeness (QED) is 0.633. The van der Waals surface area contributed by atoms with Crippen LogP contribution in [-0.4, -0.2) is 44.8 Å². The van der Waals surface area contributed by atoms with Gasteiger partial charge < -0.3 is 10.2 Å². The minimum absolute atomic E-state index is 0.0677. The van der Waals surface area contributed by atoms with E-state index in [2.05, 4.69) is 5.32 Å². The van der Waals surface area contributed by atoms with Crippen molar-refractivity contribution in [1.82, 2.24) is 4.90 Å². The van der Waals surface area contributed by atoms with Gasteiger partial charge in [-0.15, -0.1) is 0 Å². The number of benzene rings is 2. The lowest BCUT2D eigenvalue weighted by Gasteiger charge is -2.32. The number of rotatable bonds is 7. The Labute approximate surface area is 199 Å². The van der Waals surface area contributed by atoms with Crippen LogP contribution in [0.25, 0.3) is 0 Å². The summed E-state index contributed by atoms with van der Waals surface area (Å²) in [5.41, 5.74) is 0.894. The second-order valence-corrected chi connectivity index (χ2v) is 10.8. The Morgan fingerprint density at radius 3 is 2.48 bits per heavy atom. The summed E-state index contributed by atoms with van der Waals surface area (Å²) in [6.07, 6.45) is 3.34. The van der Waals surface area contributed by atoms with Gasteiger partial charge in [-0.25, -0.2) is 8.42 Å². The first-order chi connectivity index (χ1) is 15.8. The predicted molar refractivity (Wildman–Crippen MR) is 129 cm³/mol. The first kappa shape index (κ1) is 23.6. The fourth-order valence-electron chi connectivity index (χ4n) is 4.21. The summed E-state index contributed by atoms with van der Waals surface area (Å²) in [5, 5.41) is 2.92. The zero-order valence-corrected chi connectivity index (χ0v) is 20.1. The fraction of sp³-hybridized carbons (Fsp3) is 0.417. The van der Waals surface area contributed by atoms with Crippen LogP contribution in [0.4, 0.5) is 11.4 Å². The van der Waals surface area contributed by atoms with Crippen LogP contribution >= 0.6 is 11.6 Å². The number of halogens is 1. The van der Waals surface area contributed by atoms with Gasteiger partial charge in [-0.2, -0.15) is 0 Å². The van der Waals surface area contributed by atoms with Gasteiger partial charge >= 0.3 is 0 Å². The first-order valence-corrected chi connectivity index (χ1v) is 13.1. The lowest BCUT2D eigenvalue weighted by Crippen LogP contribution is -2.44. The van der Waals surface area contributed by atoms with Gasteiger partial charge in [0.1, 0.15) is 4.90 Å². The third-order valence-corrected chi connectivity index (χ3v) is 8.51. The number of carbonyl (C=O) groups is 2. The molecule has 0 spiro atoms. The van der Waals surface area contributed by atoms with E-state index in [4.69, 9.17) is 11.6 Å². The van der Waals surface area contributed by atoms with E-state index in [0.717, 1.165) is 19.3 Å². The van der Waals surface area contributed by atoms with Gasteiger partial charge in [0.2, 0.25) is 11.8 Å². The van der Waals surface area contributed by atoms with Crippen molar-refractivity contribution < 1.29 is 18.0 Å². The number of hydrogen-bond acceptors (Lipinski definition) is 4. The van der Waals surface area contributed by atoms with Crippen molar-refractivity contribution in [3.8, 4) is 0 Å². The third-order valence-electron chi connectivity index (χ3n) is 6.13. The minimum atomic E-state index is -3.94. The number of nitrogens with zero attached hydrogens (tertiary/aromatic N) is 2. The molecule has 2 aromatic carbocycles. The molecule has 2 amide bonds. The minimum Gasteiger partial charge on any atom is -0.342 e. The smallest absolute Gasteiger partial charge is 0.265 e. The van der Waals surface area contributed by atoms with E-state index in [-0.39, 0.29) is 40.1 Å². The Kier molecular flexibility index (Phi) is 6.95. The van der Waals surface area contributed by atoms with Crippen molar-refractivity contribution in [3.63, 3.8) is 0 Å². The average molecular weight is 490 g/mol. The molecule has 4 rings (SSSR count). The predicted octanol–water partition coefficient (Wildman–Crippen LogP) is 4.14. The molecule has 1 heterocycles. The molecule has 176 valence electrons. The summed E-state index contributed by atoms with van der Waals surface area (Å²) in [6.45, 7) is 3.07. The molecule has 0 aromatic heterocycles. The van der Waals surface area contributed by atoms with Gasteiger partial charge in [-0.3, -0.25) is 13.9 Å². The molecule has 1 saturated heterocycles. The Morgan fingerprint density at radius 1 is 1.09 bits per heavy atom. The molecule has 9 heteroatoms. The van der Waals surface area contributed by atoms with Gasteiger partial charge in [-0.05, 0) is 62.9 Å². The van der Waals surface area contributed by atoms with Crippen LogP contribution < -0.4 is 9.62 Å². The lowest BCUT2D eigenvalue weighted by atomic mass is 9.96. The van der Waals surface area contributed by atoms with Crippen molar-refractivity contribution >= 4 is 44.8 Å². The maximum Gasteiger partial charge on any atom is 0.265 e. The van der Waals surface area contributed by atoms with E-state index in [1.807, 2.05) is 6.07 Å². The van der Waals surface area contributed by atoms with Gasteiger partial charge in [0.15, 0.2) is 0 Å². The summed E-state index contributed by atoms with van der Waals surface area (Å²) < 4.78 is 28.1. The topological polar surface area (TPSA) is 86.8 Å². The van der Waals surface area contributed by atoms with Crippen LogP contribution in [-0.2, 0) is 19.6 Å². The molecule has 7 nitrogen and oxygen atoms in total. The second-order valence-electron chi connectivity index (χ2n) is 8.54. The lowest BCUT2D eigenvalue weighted by molar-refractivity contribution is -0.135. The summed E-state index contributed by atoms with van der Waals surface area (Å²) in [7, 11) is -3.94. The number of para-hydroxylation sites is 1. The van der Waals surface area contributed by atoms with E-state index in [1.165, 1.54) is 16.4 Å². The van der Waals surface area contributed by atoms with Crippen molar-refractivity contribution in [1.29, 1.82) is 0 Å². The third kappa shape index (κ3) is 5.17. The molecule has 33 heavy (non-hydrogen) atoms. The maximum atomic E-state index is 13.4. The van der Waals surface area contributed by atoms with Crippen LogP contribution in [0.3, 0.4) is 0 Å². The van der Waals surface area contributed by atoms with Crippen molar-refractivity contribution in [2.75, 3.05) is 29.3 Å². The highest BCUT2D eigenvalue weighted by atomic mass is 35.5. The average Bonchev–Trinajstić information content (AvgIpc) is 3.66. The monoisotopic (exact) mass is 489 g/mol. The van der Waals surface area contributed by atoms with E-state index in [0.29, 0.717) is 30.9 Å². The van der Waals surface area contributed by atoms with Gasteiger partial charge in [0.25, 0.3) is 10.0 Å². The highest BCUT2D eigenvalue weighted by Gasteiger charge is 2.37. The molecule has 1 saturated carbocycles. The van der Waals surface area contributed by atoms with Gasteiger partial charge in [0.05, 0.1) is 16.6 Å². The SMILES string of the molecule is CCN(c1ccccc1)S(=O)(=O)c1cc(NC(=O)C2CCCN(C(=O)C3CC3)C2)ccc1Cl.